The molecule has 2 heteroatoms. The van der Waals surface area contributed by atoms with Crippen molar-refractivity contribution in [2.24, 2.45) is 0 Å². The lowest BCUT2D eigenvalue weighted by molar-refractivity contribution is 0.241. The zero-order valence-corrected chi connectivity index (χ0v) is 9.72. The van der Waals surface area contributed by atoms with E-state index in [1.165, 1.54) is 19.5 Å². The summed E-state index contributed by atoms with van der Waals surface area (Å²) in [4.78, 5) is 2.55. The molecule has 0 bridgehead atoms. The molecule has 1 heterocycles. The monoisotopic (exact) mass is 184 g/mol. The highest BCUT2D eigenvalue weighted by Gasteiger charge is 2.34. The van der Waals surface area contributed by atoms with Gasteiger partial charge < -0.3 is 5.32 Å². The van der Waals surface area contributed by atoms with E-state index in [1.54, 1.807) is 0 Å². The molecular formula is C11H24N2. The zero-order valence-electron chi connectivity index (χ0n) is 9.72. The van der Waals surface area contributed by atoms with Crippen molar-refractivity contribution >= 4 is 0 Å². The van der Waals surface area contributed by atoms with E-state index in [9.17, 15) is 0 Å². The molecule has 1 rings (SSSR count). The first-order chi connectivity index (χ1) is 5.93. The van der Waals surface area contributed by atoms with Crippen LogP contribution in [0.4, 0.5) is 0 Å². The molecule has 0 aromatic rings. The highest BCUT2D eigenvalue weighted by molar-refractivity contribution is 4.95. The van der Waals surface area contributed by atoms with Crippen LogP contribution in [0.1, 0.15) is 41.0 Å². The van der Waals surface area contributed by atoms with Gasteiger partial charge in [0, 0.05) is 30.7 Å². The van der Waals surface area contributed by atoms with Crippen LogP contribution in [0.5, 0.6) is 0 Å². The summed E-state index contributed by atoms with van der Waals surface area (Å²) < 4.78 is 0. The summed E-state index contributed by atoms with van der Waals surface area (Å²) in [5, 5.41) is 3.66. The molecule has 1 saturated heterocycles. The fraction of sp³-hybridized carbons (Fsp3) is 1.00. The topological polar surface area (TPSA) is 15.3 Å². The third-order valence-electron chi connectivity index (χ3n) is 2.87. The van der Waals surface area contributed by atoms with E-state index in [2.05, 4.69) is 44.8 Å². The SMILES string of the molecule is CC(C)N[C@]1(C)CCN(C(C)C)C1. The van der Waals surface area contributed by atoms with Crippen molar-refractivity contribution in [1.82, 2.24) is 10.2 Å². The second-order valence-electron chi connectivity index (χ2n) is 5.17. The quantitative estimate of drug-likeness (QED) is 0.720. The van der Waals surface area contributed by atoms with Crippen molar-refractivity contribution in [3.05, 3.63) is 0 Å². The van der Waals surface area contributed by atoms with E-state index in [4.69, 9.17) is 0 Å². The van der Waals surface area contributed by atoms with Gasteiger partial charge in [-0.1, -0.05) is 13.8 Å². The number of nitrogens with one attached hydrogen (secondary N) is 1. The normalized spacial score (nSPS) is 30.7. The fourth-order valence-corrected chi connectivity index (χ4v) is 2.25. The minimum absolute atomic E-state index is 0.346. The Hall–Kier alpha value is -0.0800. The molecular weight excluding hydrogens is 160 g/mol. The highest BCUT2D eigenvalue weighted by atomic mass is 15.2. The van der Waals surface area contributed by atoms with Crippen LogP contribution < -0.4 is 5.32 Å². The van der Waals surface area contributed by atoms with E-state index in [1.807, 2.05) is 0 Å². The molecule has 78 valence electrons. The molecule has 0 aliphatic carbocycles. The first-order valence-corrected chi connectivity index (χ1v) is 5.45. The standard InChI is InChI=1S/C11H24N2/c1-9(2)12-11(5)6-7-13(8-11)10(3)4/h9-10,12H,6-8H2,1-5H3/t11-/m1/s1. The Morgan fingerprint density at radius 3 is 2.23 bits per heavy atom. The molecule has 0 radical (unpaired) electrons. The Bertz CT molecular complexity index is 165. The number of hydrogen-bond donors (Lipinski definition) is 1. The summed E-state index contributed by atoms with van der Waals surface area (Å²) in [6.07, 6.45) is 1.28. The molecule has 0 aromatic heterocycles. The molecule has 0 aromatic carbocycles. The van der Waals surface area contributed by atoms with Crippen LogP contribution in [0.15, 0.2) is 0 Å². The molecule has 1 aliphatic rings. The fourth-order valence-electron chi connectivity index (χ4n) is 2.25. The third-order valence-corrected chi connectivity index (χ3v) is 2.87. The second-order valence-corrected chi connectivity index (χ2v) is 5.17. The Kier molecular flexibility index (Phi) is 3.36. The molecule has 0 spiro atoms. The maximum Gasteiger partial charge on any atom is 0.0294 e. The number of hydrogen-bond acceptors (Lipinski definition) is 2. The molecule has 0 unspecified atom stereocenters. The number of nitrogens with zero attached hydrogens (tertiary/aromatic N) is 1. The van der Waals surface area contributed by atoms with Crippen LogP contribution in [-0.2, 0) is 0 Å². The molecule has 0 amide bonds. The molecule has 13 heavy (non-hydrogen) atoms. The van der Waals surface area contributed by atoms with Gasteiger partial charge in [-0.3, -0.25) is 4.90 Å². The summed E-state index contributed by atoms with van der Waals surface area (Å²) in [6.45, 7) is 13.8. The smallest absolute Gasteiger partial charge is 0.0294 e. The first kappa shape index (κ1) is 11.0. The largest absolute Gasteiger partial charge is 0.308 e. The van der Waals surface area contributed by atoms with Crippen LogP contribution >= 0.6 is 0 Å². The van der Waals surface area contributed by atoms with E-state index < -0.39 is 0 Å². The third kappa shape index (κ3) is 2.96. The van der Waals surface area contributed by atoms with Crippen molar-refractivity contribution in [2.45, 2.75) is 58.7 Å². The van der Waals surface area contributed by atoms with E-state index >= 15 is 0 Å². The summed E-state index contributed by atoms with van der Waals surface area (Å²) in [5.41, 5.74) is 0.346. The lowest BCUT2D eigenvalue weighted by atomic mass is 10.0. The minimum Gasteiger partial charge on any atom is -0.308 e. The van der Waals surface area contributed by atoms with Crippen molar-refractivity contribution in [3.8, 4) is 0 Å². The maximum atomic E-state index is 3.66. The van der Waals surface area contributed by atoms with Crippen LogP contribution in [0.25, 0.3) is 0 Å². The van der Waals surface area contributed by atoms with E-state index in [0.29, 0.717) is 17.6 Å². The van der Waals surface area contributed by atoms with Crippen molar-refractivity contribution in [3.63, 3.8) is 0 Å². The van der Waals surface area contributed by atoms with Crippen LogP contribution in [-0.4, -0.2) is 35.6 Å². The van der Waals surface area contributed by atoms with Crippen molar-refractivity contribution in [2.75, 3.05) is 13.1 Å². The predicted octanol–water partition coefficient (Wildman–Crippen LogP) is 1.86. The van der Waals surface area contributed by atoms with Gasteiger partial charge in [-0.2, -0.15) is 0 Å². The zero-order chi connectivity index (χ0) is 10.1. The summed E-state index contributed by atoms with van der Waals surface area (Å²) in [6, 6.07) is 1.29. The van der Waals surface area contributed by atoms with Crippen LogP contribution in [0.3, 0.4) is 0 Å². The average molecular weight is 184 g/mol. The lowest BCUT2D eigenvalue weighted by Crippen LogP contribution is -2.48. The molecule has 1 N–H and O–H groups in total. The number of likely N-dealkylation sites (tertiary alicyclic amines) is 1. The molecule has 1 fully saturated rings. The second kappa shape index (κ2) is 3.97. The average Bonchev–Trinajstić information content (AvgIpc) is 2.29. The Morgan fingerprint density at radius 1 is 1.23 bits per heavy atom. The van der Waals surface area contributed by atoms with Crippen LogP contribution in [0, 0.1) is 0 Å². The van der Waals surface area contributed by atoms with Crippen molar-refractivity contribution in [1.29, 1.82) is 0 Å². The van der Waals surface area contributed by atoms with Gasteiger partial charge in [-0.25, -0.2) is 0 Å². The molecule has 1 atom stereocenters. The summed E-state index contributed by atoms with van der Waals surface area (Å²) >= 11 is 0. The Morgan fingerprint density at radius 2 is 1.85 bits per heavy atom. The van der Waals surface area contributed by atoms with Gasteiger partial charge in [0.05, 0.1) is 0 Å². The van der Waals surface area contributed by atoms with Gasteiger partial charge >= 0.3 is 0 Å². The van der Waals surface area contributed by atoms with Gasteiger partial charge in [0.2, 0.25) is 0 Å². The molecule has 2 nitrogen and oxygen atoms in total. The molecule has 1 aliphatic heterocycles. The van der Waals surface area contributed by atoms with Gasteiger partial charge in [0.25, 0.3) is 0 Å². The predicted molar refractivity (Wildman–Crippen MR) is 58.0 cm³/mol. The Balaban J connectivity index is 2.46. The van der Waals surface area contributed by atoms with Crippen LogP contribution in [0.2, 0.25) is 0 Å². The van der Waals surface area contributed by atoms with Gasteiger partial charge in [0.1, 0.15) is 0 Å². The van der Waals surface area contributed by atoms with Crippen molar-refractivity contribution < 1.29 is 0 Å². The van der Waals surface area contributed by atoms with E-state index in [-0.39, 0.29) is 0 Å². The highest BCUT2D eigenvalue weighted by Crippen LogP contribution is 2.22. The molecule has 0 saturated carbocycles. The minimum atomic E-state index is 0.346. The van der Waals surface area contributed by atoms with Gasteiger partial charge in [0.15, 0.2) is 0 Å². The summed E-state index contributed by atoms with van der Waals surface area (Å²) in [7, 11) is 0. The first-order valence-electron chi connectivity index (χ1n) is 5.45. The van der Waals surface area contributed by atoms with Gasteiger partial charge in [-0.05, 0) is 27.2 Å². The lowest BCUT2D eigenvalue weighted by Gasteiger charge is -2.29. The van der Waals surface area contributed by atoms with Gasteiger partial charge in [-0.15, -0.1) is 0 Å². The summed E-state index contributed by atoms with van der Waals surface area (Å²) in [5.74, 6) is 0. The Labute approximate surface area is 82.7 Å². The number of rotatable bonds is 3. The maximum absolute atomic E-state index is 3.66. The van der Waals surface area contributed by atoms with E-state index in [0.717, 1.165) is 0 Å².